The molecule has 0 spiro atoms. The van der Waals surface area contributed by atoms with E-state index in [-0.39, 0.29) is 0 Å². The van der Waals surface area contributed by atoms with Crippen molar-refractivity contribution in [2.75, 3.05) is 13.1 Å². The summed E-state index contributed by atoms with van der Waals surface area (Å²) >= 11 is 6.16. The molecule has 1 aromatic heterocycles. The smallest absolute Gasteiger partial charge is 0.310 e. The minimum atomic E-state index is -0.691. The highest BCUT2D eigenvalue weighted by Gasteiger charge is 2.40. The lowest BCUT2D eigenvalue weighted by molar-refractivity contribution is -0.153. The third kappa shape index (κ3) is 2.77. The van der Waals surface area contributed by atoms with Crippen molar-refractivity contribution in [3.8, 4) is 0 Å². The quantitative estimate of drug-likeness (QED) is 0.891. The van der Waals surface area contributed by atoms with E-state index in [0.29, 0.717) is 24.5 Å². The Morgan fingerprint density at radius 2 is 2.37 bits per heavy atom. The van der Waals surface area contributed by atoms with Gasteiger partial charge in [0.05, 0.1) is 21.8 Å². The molecule has 1 fully saturated rings. The van der Waals surface area contributed by atoms with Gasteiger partial charge in [0.15, 0.2) is 0 Å². The summed E-state index contributed by atoms with van der Waals surface area (Å²) in [6.07, 6.45) is 2.32. The number of halogens is 1. The lowest BCUT2D eigenvalue weighted by Gasteiger charge is -2.39. The van der Waals surface area contributed by atoms with Gasteiger partial charge in [-0.2, -0.15) is 5.10 Å². The van der Waals surface area contributed by atoms with Crippen LogP contribution in [0.25, 0.3) is 0 Å². The van der Waals surface area contributed by atoms with Crippen molar-refractivity contribution < 1.29 is 9.90 Å². The molecule has 2 rings (SSSR count). The molecular weight excluding hydrogens is 266 g/mol. The second-order valence-electron chi connectivity index (χ2n) is 5.36. The number of carbonyl (C=O) groups is 1. The Morgan fingerprint density at radius 1 is 1.63 bits per heavy atom. The van der Waals surface area contributed by atoms with Gasteiger partial charge in [-0.3, -0.25) is 14.8 Å². The Labute approximate surface area is 117 Å². The monoisotopic (exact) mass is 285 g/mol. The van der Waals surface area contributed by atoms with E-state index in [1.807, 2.05) is 13.8 Å². The van der Waals surface area contributed by atoms with Gasteiger partial charge in [-0.1, -0.05) is 18.5 Å². The molecule has 106 valence electrons. The third-order valence-electron chi connectivity index (χ3n) is 4.10. The van der Waals surface area contributed by atoms with Crippen LogP contribution in [0.4, 0.5) is 0 Å². The average Bonchev–Trinajstić information content (AvgIpc) is 2.71. The van der Waals surface area contributed by atoms with Crippen LogP contribution < -0.4 is 0 Å². The number of hydrogen-bond acceptors (Lipinski definition) is 3. The number of aromatic amines is 1. The predicted octanol–water partition coefficient (Wildman–Crippen LogP) is 2.45. The van der Waals surface area contributed by atoms with Crippen LogP contribution in [0.15, 0.2) is 0 Å². The zero-order valence-corrected chi connectivity index (χ0v) is 12.1. The van der Waals surface area contributed by atoms with E-state index >= 15 is 0 Å². The summed E-state index contributed by atoms with van der Waals surface area (Å²) in [6.45, 7) is 5.91. The maximum atomic E-state index is 11.5. The van der Waals surface area contributed by atoms with Crippen LogP contribution in [-0.4, -0.2) is 39.3 Å². The van der Waals surface area contributed by atoms with Gasteiger partial charge in [0, 0.05) is 13.1 Å². The largest absolute Gasteiger partial charge is 0.481 e. The summed E-state index contributed by atoms with van der Waals surface area (Å²) in [5.74, 6) is -0.691. The summed E-state index contributed by atoms with van der Waals surface area (Å²) in [5.41, 5.74) is 1.04. The first-order valence-corrected chi connectivity index (χ1v) is 7.01. The second-order valence-corrected chi connectivity index (χ2v) is 5.74. The number of likely N-dealkylation sites (tertiary alicyclic amines) is 1. The lowest BCUT2D eigenvalue weighted by Crippen LogP contribution is -2.47. The van der Waals surface area contributed by atoms with E-state index < -0.39 is 11.4 Å². The molecule has 0 saturated carbocycles. The molecule has 0 aliphatic carbocycles. The number of hydrogen-bond donors (Lipinski definition) is 2. The highest BCUT2D eigenvalue weighted by Crippen LogP contribution is 2.34. The fraction of sp³-hybridized carbons (Fsp3) is 0.692. The number of aromatic nitrogens is 2. The standard InChI is InChI=1S/C13H20ClN3O2/c1-3-13(12(18)19)5-4-6-17(8-13)7-10-11(14)9(2)15-16-10/h3-8H2,1-2H3,(H,15,16)(H,18,19)/t13-/m0/s1. The van der Waals surface area contributed by atoms with Gasteiger partial charge in [-0.15, -0.1) is 0 Å². The number of nitrogens with one attached hydrogen (secondary N) is 1. The predicted molar refractivity (Wildman–Crippen MR) is 73.2 cm³/mol. The molecule has 19 heavy (non-hydrogen) atoms. The van der Waals surface area contributed by atoms with Gasteiger partial charge >= 0.3 is 5.97 Å². The van der Waals surface area contributed by atoms with Crippen molar-refractivity contribution >= 4 is 17.6 Å². The van der Waals surface area contributed by atoms with E-state index in [2.05, 4.69) is 15.1 Å². The number of aryl methyl sites for hydroxylation is 1. The van der Waals surface area contributed by atoms with Crippen LogP contribution in [0.2, 0.25) is 5.02 Å². The molecule has 0 unspecified atom stereocenters. The van der Waals surface area contributed by atoms with Crippen molar-refractivity contribution in [2.24, 2.45) is 5.41 Å². The van der Waals surface area contributed by atoms with Crippen LogP contribution in [-0.2, 0) is 11.3 Å². The van der Waals surface area contributed by atoms with Gasteiger partial charge in [0.2, 0.25) is 0 Å². The molecule has 0 bridgehead atoms. The molecule has 1 aromatic rings. The summed E-state index contributed by atoms with van der Waals surface area (Å²) in [7, 11) is 0. The molecule has 1 aliphatic heterocycles. The molecule has 1 saturated heterocycles. The number of carboxylic acid groups (broad SMARTS) is 1. The zero-order chi connectivity index (χ0) is 14.0. The minimum Gasteiger partial charge on any atom is -0.481 e. The van der Waals surface area contributed by atoms with Gasteiger partial charge in [-0.25, -0.2) is 0 Å². The first-order chi connectivity index (χ1) is 8.98. The Kier molecular flexibility index (Phi) is 4.16. The van der Waals surface area contributed by atoms with Gasteiger partial charge in [0.1, 0.15) is 0 Å². The molecule has 0 aromatic carbocycles. The van der Waals surface area contributed by atoms with Gasteiger partial charge < -0.3 is 5.11 Å². The maximum absolute atomic E-state index is 11.5. The normalized spacial score (nSPS) is 24.6. The number of H-pyrrole nitrogens is 1. The molecule has 2 N–H and O–H groups in total. The number of carboxylic acids is 1. The Bertz CT molecular complexity index is 474. The minimum absolute atomic E-state index is 0.571. The Balaban J connectivity index is 2.10. The number of nitrogens with zero attached hydrogens (tertiary/aromatic N) is 2. The summed E-state index contributed by atoms with van der Waals surface area (Å²) in [5, 5.41) is 17.2. The van der Waals surface area contributed by atoms with E-state index in [0.717, 1.165) is 30.8 Å². The average molecular weight is 286 g/mol. The summed E-state index contributed by atoms with van der Waals surface area (Å²) < 4.78 is 0. The van der Waals surface area contributed by atoms with Crippen molar-refractivity contribution in [1.82, 2.24) is 15.1 Å². The molecule has 0 radical (unpaired) electrons. The molecule has 1 aliphatic rings. The highest BCUT2D eigenvalue weighted by atomic mass is 35.5. The number of rotatable bonds is 4. The molecule has 0 amide bonds. The van der Waals surface area contributed by atoms with E-state index in [4.69, 9.17) is 11.6 Å². The first kappa shape index (κ1) is 14.3. The SMILES string of the molecule is CC[C@]1(C(=O)O)CCCN(Cc2n[nH]c(C)c2Cl)C1. The van der Waals surface area contributed by atoms with E-state index in [1.165, 1.54) is 0 Å². The Hall–Kier alpha value is -1.07. The molecule has 2 heterocycles. The highest BCUT2D eigenvalue weighted by molar-refractivity contribution is 6.31. The zero-order valence-electron chi connectivity index (χ0n) is 11.4. The van der Waals surface area contributed by atoms with Crippen molar-refractivity contribution in [3.63, 3.8) is 0 Å². The van der Waals surface area contributed by atoms with E-state index in [9.17, 15) is 9.90 Å². The van der Waals surface area contributed by atoms with Crippen LogP contribution in [0, 0.1) is 12.3 Å². The molecule has 1 atom stereocenters. The van der Waals surface area contributed by atoms with Crippen LogP contribution in [0.3, 0.4) is 0 Å². The maximum Gasteiger partial charge on any atom is 0.310 e. The van der Waals surface area contributed by atoms with Crippen molar-refractivity contribution in [1.29, 1.82) is 0 Å². The third-order valence-corrected chi connectivity index (χ3v) is 4.60. The van der Waals surface area contributed by atoms with Crippen molar-refractivity contribution in [2.45, 2.75) is 39.7 Å². The van der Waals surface area contributed by atoms with Gasteiger partial charge in [-0.05, 0) is 32.7 Å². The fourth-order valence-electron chi connectivity index (χ4n) is 2.76. The topological polar surface area (TPSA) is 69.2 Å². The van der Waals surface area contributed by atoms with Crippen LogP contribution in [0.5, 0.6) is 0 Å². The number of piperidine rings is 1. The summed E-state index contributed by atoms with van der Waals surface area (Å²) in [4.78, 5) is 13.6. The van der Waals surface area contributed by atoms with Gasteiger partial charge in [0.25, 0.3) is 0 Å². The molecule has 5 nitrogen and oxygen atoms in total. The van der Waals surface area contributed by atoms with Crippen molar-refractivity contribution in [3.05, 3.63) is 16.4 Å². The second kappa shape index (κ2) is 5.51. The fourth-order valence-corrected chi connectivity index (χ4v) is 2.90. The van der Waals surface area contributed by atoms with Crippen LogP contribution in [0.1, 0.15) is 37.6 Å². The number of aliphatic carboxylic acids is 1. The Morgan fingerprint density at radius 3 is 2.89 bits per heavy atom. The van der Waals surface area contributed by atoms with E-state index in [1.54, 1.807) is 0 Å². The molecule has 6 heteroatoms. The molecular formula is C13H20ClN3O2. The van der Waals surface area contributed by atoms with Crippen LogP contribution >= 0.6 is 11.6 Å². The summed E-state index contributed by atoms with van der Waals surface area (Å²) in [6, 6.07) is 0. The lowest BCUT2D eigenvalue weighted by atomic mass is 9.77. The first-order valence-electron chi connectivity index (χ1n) is 6.63.